The maximum Gasteiger partial charge on any atom is 0.335 e. The van der Waals surface area contributed by atoms with Gasteiger partial charge in [-0.2, -0.15) is 0 Å². The predicted octanol–water partition coefficient (Wildman–Crippen LogP) is 2.51. The third-order valence-electron chi connectivity index (χ3n) is 2.92. The van der Waals surface area contributed by atoms with E-state index >= 15 is 0 Å². The molecule has 0 aliphatic rings. The Labute approximate surface area is 130 Å². The standard InChI is InChI=1S/C15H13BrN2O3/c16-13-6-5-11(9-18-13)14(19)17-8-7-10-3-1-2-4-12(10)15(20)21/h1-6,9H,7-8H2,(H,17,19)(H,20,21). The first-order valence-electron chi connectivity index (χ1n) is 6.29. The third kappa shape index (κ3) is 4.13. The fourth-order valence-corrected chi connectivity index (χ4v) is 2.10. The average molecular weight is 349 g/mol. The number of carbonyl (C=O) groups is 2. The molecule has 108 valence electrons. The quantitative estimate of drug-likeness (QED) is 0.813. The number of aromatic carboxylic acids is 1. The number of hydrogen-bond acceptors (Lipinski definition) is 3. The van der Waals surface area contributed by atoms with Crippen LogP contribution in [0.4, 0.5) is 0 Å². The Hall–Kier alpha value is -2.21. The molecule has 0 aliphatic carbocycles. The second-order valence-corrected chi connectivity index (χ2v) is 5.15. The smallest absolute Gasteiger partial charge is 0.335 e. The summed E-state index contributed by atoms with van der Waals surface area (Å²) < 4.78 is 0.662. The summed E-state index contributed by atoms with van der Waals surface area (Å²) in [5.41, 5.74) is 1.42. The van der Waals surface area contributed by atoms with Crippen molar-refractivity contribution in [2.24, 2.45) is 0 Å². The van der Waals surface area contributed by atoms with Crippen molar-refractivity contribution in [1.82, 2.24) is 10.3 Å². The lowest BCUT2D eigenvalue weighted by molar-refractivity contribution is 0.0695. The molecule has 1 aromatic heterocycles. The number of nitrogens with zero attached hydrogens (tertiary/aromatic N) is 1. The molecule has 5 nitrogen and oxygen atoms in total. The van der Waals surface area contributed by atoms with Crippen LogP contribution < -0.4 is 5.32 Å². The second-order valence-electron chi connectivity index (χ2n) is 4.34. The molecule has 0 saturated heterocycles. The van der Waals surface area contributed by atoms with Crippen LogP contribution in [0.15, 0.2) is 47.2 Å². The molecule has 1 amide bonds. The zero-order valence-corrected chi connectivity index (χ0v) is 12.6. The van der Waals surface area contributed by atoms with Gasteiger partial charge in [-0.05, 0) is 46.1 Å². The van der Waals surface area contributed by atoms with Crippen molar-refractivity contribution in [2.45, 2.75) is 6.42 Å². The highest BCUT2D eigenvalue weighted by Crippen LogP contribution is 2.09. The van der Waals surface area contributed by atoms with E-state index in [2.05, 4.69) is 26.2 Å². The zero-order chi connectivity index (χ0) is 15.2. The minimum atomic E-state index is -0.964. The SMILES string of the molecule is O=C(NCCc1ccccc1C(=O)O)c1ccc(Br)nc1. The minimum Gasteiger partial charge on any atom is -0.478 e. The molecule has 0 bridgehead atoms. The van der Waals surface area contributed by atoms with E-state index in [4.69, 9.17) is 5.11 Å². The molecule has 2 rings (SSSR count). The Kier molecular flexibility index (Phi) is 5.05. The topological polar surface area (TPSA) is 79.3 Å². The molecule has 21 heavy (non-hydrogen) atoms. The number of rotatable bonds is 5. The van der Waals surface area contributed by atoms with Crippen LogP contribution in [0, 0.1) is 0 Å². The summed E-state index contributed by atoms with van der Waals surface area (Å²) in [5.74, 6) is -1.20. The first kappa shape index (κ1) is 15.2. The van der Waals surface area contributed by atoms with E-state index in [1.165, 1.54) is 6.20 Å². The fourth-order valence-electron chi connectivity index (χ4n) is 1.87. The maximum atomic E-state index is 11.9. The highest BCUT2D eigenvalue weighted by molar-refractivity contribution is 9.10. The Morgan fingerprint density at radius 3 is 2.62 bits per heavy atom. The van der Waals surface area contributed by atoms with Crippen LogP contribution >= 0.6 is 15.9 Å². The van der Waals surface area contributed by atoms with Crippen LogP contribution in [-0.2, 0) is 6.42 Å². The van der Waals surface area contributed by atoms with E-state index in [1.807, 2.05) is 0 Å². The molecule has 0 fully saturated rings. The van der Waals surface area contributed by atoms with Crippen LogP contribution in [0.5, 0.6) is 0 Å². The molecule has 0 aliphatic heterocycles. The van der Waals surface area contributed by atoms with Gasteiger partial charge < -0.3 is 10.4 Å². The molecule has 0 radical (unpaired) electrons. The van der Waals surface area contributed by atoms with E-state index in [-0.39, 0.29) is 11.5 Å². The Morgan fingerprint density at radius 2 is 1.95 bits per heavy atom. The first-order valence-corrected chi connectivity index (χ1v) is 7.08. The first-order chi connectivity index (χ1) is 10.1. The number of amides is 1. The molecular weight excluding hydrogens is 336 g/mol. The van der Waals surface area contributed by atoms with Gasteiger partial charge in [-0.25, -0.2) is 9.78 Å². The van der Waals surface area contributed by atoms with Crippen molar-refractivity contribution in [3.63, 3.8) is 0 Å². The summed E-state index contributed by atoms with van der Waals surface area (Å²) >= 11 is 3.20. The lowest BCUT2D eigenvalue weighted by Gasteiger charge is -2.07. The Bertz CT molecular complexity index is 656. The number of pyridine rings is 1. The minimum absolute atomic E-state index is 0.234. The summed E-state index contributed by atoms with van der Waals surface area (Å²) in [7, 11) is 0. The Morgan fingerprint density at radius 1 is 1.19 bits per heavy atom. The highest BCUT2D eigenvalue weighted by Gasteiger charge is 2.10. The van der Waals surface area contributed by atoms with Gasteiger partial charge in [-0.15, -0.1) is 0 Å². The molecule has 1 heterocycles. The van der Waals surface area contributed by atoms with E-state index in [0.717, 1.165) is 0 Å². The zero-order valence-electron chi connectivity index (χ0n) is 11.0. The number of carboxylic acid groups (broad SMARTS) is 1. The van der Waals surface area contributed by atoms with Gasteiger partial charge in [0.1, 0.15) is 4.60 Å². The molecule has 2 aromatic rings. The molecule has 0 spiro atoms. The van der Waals surface area contributed by atoms with Gasteiger partial charge in [0.25, 0.3) is 5.91 Å². The van der Waals surface area contributed by atoms with Gasteiger partial charge >= 0.3 is 5.97 Å². The number of carbonyl (C=O) groups excluding carboxylic acids is 1. The number of carboxylic acids is 1. The summed E-state index contributed by atoms with van der Waals surface area (Å²) in [6.45, 7) is 0.360. The maximum absolute atomic E-state index is 11.9. The normalized spacial score (nSPS) is 10.1. The Balaban J connectivity index is 1.94. The second kappa shape index (κ2) is 6.99. The fraction of sp³-hybridized carbons (Fsp3) is 0.133. The van der Waals surface area contributed by atoms with E-state index < -0.39 is 5.97 Å². The number of hydrogen-bond donors (Lipinski definition) is 2. The van der Waals surface area contributed by atoms with Crippen LogP contribution in [0.25, 0.3) is 0 Å². The molecule has 6 heteroatoms. The molecule has 0 saturated carbocycles. The van der Waals surface area contributed by atoms with E-state index in [0.29, 0.717) is 28.7 Å². The highest BCUT2D eigenvalue weighted by atomic mass is 79.9. The molecular formula is C15H13BrN2O3. The van der Waals surface area contributed by atoms with Gasteiger partial charge in [-0.1, -0.05) is 18.2 Å². The summed E-state index contributed by atoms with van der Waals surface area (Å²) in [6.07, 6.45) is 1.93. The molecule has 0 atom stereocenters. The summed E-state index contributed by atoms with van der Waals surface area (Å²) in [6, 6.07) is 10.1. The van der Waals surface area contributed by atoms with Gasteiger partial charge in [0.2, 0.25) is 0 Å². The van der Waals surface area contributed by atoms with Crippen LogP contribution in [0.3, 0.4) is 0 Å². The number of aromatic nitrogens is 1. The molecule has 1 aromatic carbocycles. The average Bonchev–Trinajstić information content (AvgIpc) is 2.48. The van der Waals surface area contributed by atoms with Crippen molar-refractivity contribution in [3.05, 3.63) is 63.9 Å². The van der Waals surface area contributed by atoms with Crippen LogP contribution in [-0.4, -0.2) is 28.5 Å². The van der Waals surface area contributed by atoms with Gasteiger partial charge in [0.15, 0.2) is 0 Å². The van der Waals surface area contributed by atoms with Crippen molar-refractivity contribution < 1.29 is 14.7 Å². The van der Waals surface area contributed by atoms with E-state index in [9.17, 15) is 9.59 Å². The summed E-state index contributed by atoms with van der Waals surface area (Å²) in [5, 5.41) is 11.8. The number of nitrogens with one attached hydrogen (secondary N) is 1. The van der Waals surface area contributed by atoms with Crippen LogP contribution in [0.1, 0.15) is 26.3 Å². The number of benzene rings is 1. The van der Waals surface area contributed by atoms with Crippen LogP contribution in [0.2, 0.25) is 0 Å². The lowest BCUT2D eigenvalue weighted by atomic mass is 10.0. The summed E-state index contributed by atoms with van der Waals surface area (Å²) in [4.78, 5) is 26.9. The molecule has 0 unspecified atom stereocenters. The van der Waals surface area contributed by atoms with Crippen molar-refractivity contribution in [2.75, 3.05) is 6.54 Å². The van der Waals surface area contributed by atoms with Crippen molar-refractivity contribution >= 4 is 27.8 Å². The predicted molar refractivity (Wildman–Crippen MR) is 81.4 cm³/mol. The van der Waals surface area contributed by atoms with Crippen molar-refractivity contribution in [3.8, 4) is 0 Å². The van der Waals surface area contributed by atoms with Gasteiger partial charge in [-0.3, -0.25) is 4.79 Å². The molecule has 2 N–H and O–H groups in total. The largest absolute Gasteiger partial charge is 0.478 e. The van der Waals surface area contributed by atoms with Gasteiger partial charge in [0.05, 0.1) is 11.1 Å². The third-order valence-corrected chi connectivity index (χ3v) is 3.39. The van der Waals surface area contributed by atoms with Crippen molar-refractivity contribution in [1.29, 1.82) is 0 Å². The van der Waals surface area contributed by atoms with E-state index in [1.54, 1.807) is 36.4 Å². The number of halogens is 1. The van der Waals surface area contributed by atoms with Gasteiger partial charge in [0, 0.05) is 12.7 Å². The monoisotopic (exact) mass is 348 g/mol. The lowest BCUT2D eigenvalue weighted by Crippen LogP contribution is -2.26.